The highest BCUT2D eigenvalue weighted by atomic mass is 79.9. The summed E-state index contributed by atoms with van der Waals surface area (Å²) in [6.07, 6.45) is 2.88. The first-order valence-corrected chi connectivity index (χ1v) is 7.87. The molecule has 0 fully saturated rings. The van der Waals surface area contributed by atoms with Crippen molar-refractivity contribution < 1.29 is 0 Å². The van der Waals surface area contributed by atoms with Gasteiger partial charge in [0.15, 0.2) is 0 Å². The summed E-state index contributed by atoms with van der Waals surface area (Å²) in [5.41, 5.74) is 5.77. The maximum atomic E-state index is 4.45. The minimum Gasteiger partial charge on any atom is -0.355 e. The Kier molecular flexibility index (Phi) is 3.93. The molecule has 2 aromatic carbocycles. The number of aryl methyl sites for hydroxylation is 2. The van der Waals surface area contributed by atoms with E-state index < -0.39 is 0 Å². The molecule has 0 amide bonds. The van der Waals surface area contributed by atoms with Crippen LogP contribution >= 0.6 is 15.9 Å². The molecule has 106 valence electrons. The van der Waals surface area contributed by atoms with Gasteiger partial charge in [-0.2, -0.15) is 0 Å². The van der Waals surface area contributed by atoms with E-state index in [1.54, 1.807) is 0 Å². The van der Waals surface area contributed by atoms with E-state index in [0.717, 1.165) is 27.8 Å². The lowest BCUT2D eigenvalue weighted by Gasteiger charge is -2.12. The molecule has 0 spiro atoms. The molecule has 3 rings (SSSR count). The van der Waals surface area contributed by atoms with Gasteiger partial charge < -0.3 is 5.32 Å². The molecule has 3 aromatic rings. The van der Waals surface area contributed by atoms with Crippen molar-refractivity contribution in [2.24, 2.45) is 0 Å². The number of fused-ring (bicyclic) bond motifs is 1. The molecule has 0 atom stereocenters. The highest BCUT2D eigenvalue weighted by Crippen LogP contribution is 2.28. The van der Waals surface area contributed by atoms with Crippen LogP contribution in [0.3, 0.4) is 0 Å². The topological polar surface area (TPSA) is 24.9 Å². The average Bonchev–Trinajstić information content (AvgIpc) is 2.50. The Morgan fingerprint density at radius 1 is 1.05 bits per heavy atom. The number of hydrogen-bond acceptors (Lipinski definition) is 2. The number of benzene rings is 2. The molecule has 0 aliphatic heterocycles. The number of aromatic nitrogens is 1. The molecule has 0 aliphatic rings. The van der Waals surface area contributed by atoms with E-state index in [-0.39, 0.29) is 0 Å². The second-order valence-electron chi connectivity index (χ2n) is 5.15. The van der Waals surface area contributed by atoms with Crippen LogP contribution in [-0.4, -0.2) is 4.98 Å². The summed E-state index contributed by atoms with van der Waals surface area (Å²) in [5, 5.41) is 4.70. The van der Waals surface area contributed by atoms with Gasteiger partial charge in [-0.25, -0.2) is 0 Å². The fourth-order valence-electron chi connectivity index (χ4n) is 2.43. The monoisotopic (exact) mass is 340 g/mol. The summed E-state index contributed by atoms with van der Waals surface area (Å²) in [5.74, 6) is 0. The predicted octanol–water partition coefficient (Wildman–Crippen LogP) is 5.61. The summed E-state index contributed by atoms with van der Waals surface area (Å²) in [7, 11) is 0. The average molecular weight is 341 g/mol. The van der Waals surface area contributed by atoms with Crippen LogP contribution in [0.4, 0.5) is 11.4 Å². The van der Waals surface area contributed by atoms with Crippen molar-refractivity contribution in [3.8, 4) is 0 Å². The van der Waals surface area contributed by atoms with Gasteiger partial charge >= 0.3 is 0 Å². The van der Waals surface area contributed by atoms with Crippen molar-refractivity contribution in [3.05, 3.63) is 64.3 Å². The number of nitrogens with one attached hydrogen (secondary N) is 1. The Morgan fingerprint density at radius 2 is 1.90 bits per heavy atom. The summed E-state index contributed by atoms with van der Waals surface area (Å²) >= 11 is 3.50. The van der Waals surface area contributed by atoms with E-state index in [9.17, 15) is 0 Å². The molecular weight excluding hydrogens is 324 g/mol. The predicted molar refractivity (Wildman–Crippen MR) is 93.3 cm³/mol. The third-order valence-corrected chi connectivity index (χ3v) is 4.17. The normalized spacial score (nSPS) is 10.8. The van der Waals surface area contributed by atoms with E-state index in [1.165, 1.54) is 16.5 Å². The first-order valence-electron chi connectivity index (χ1n) is 7.08. The molecule has 1 aromatic heterocycles. The quantitative estimate of drug-likeness (QED) is 0.670. The van der Waals surface area contributed by atoms with E-state index in [4.69, 9.17) is 0 Å². The van der Waals surface area contributed by atoms with Crippen molar-refractivity contribution in [2.45, 2.75) is 20.3 Å². The number of hydrogen-bond donors (Lipinski definition) is 1. The van der Waals surface area contributed by atoms with Gasteiger partial charge in [-0.3, -0.25) is 4.98 Å². The minimum absolute atomic E-state index is 1.02. The van der Waals surface area contributed by atoms with Crippen LogP contribution in [0.25, 0.3) is 10.9 Å². The molecule has 0 unspecified atom stereocenters. The molecule has 0 bridgehead atoms. The van der Waals surface area contributed by atoms with Crippen LogP contribution in [0, 0.1) is 6.92 Å². The summed E-state index contributed by atoms with van der Waals surface area (Å²) in [4.78, 5) is 4.45. The van der Waals surface area contributed by atoms with E-state index in [0.29, 0.717) is 0 Å². The molecule has 0 saturated carbocycles. The van der Waals surface area contributed by atoms with Gasteiger partial charge in [0.2, 0.25) is 0 Å². The van der Waals surface area contributed by atoms with Crippen LogP contribution in [-0.2, 0) is 6.42 Å². The van der Waals surface area contributed by atoms with Crippen molar-refractivity contribution in [3.63, 3.8) is 0 Å². The van der Waals surface area contributed by atoms with Crippen molar-refractivity contribution in [2.75, 3.05) is 5.32 Å². The Hall–Kier alpha value is -1.87. The highest BCUT2D eigenvalue weighted by molar-refractivity contribution is 9.10. The van der Waals surface area contributed by atoms with Crippen molar-refractivity contribution >= 4 is 38.2 Å². The van der Waals surface area contributed by atoms with Crippen LogP contribution in [0.1, 0.15) is 18.1 Å². The maximum absolute atomic E-state index is 4.45. The molecular formula is C18H17BrN2. The smallest absolute Gasteiger partial charge is 0.0723 e. The second kappa shape index (κ2) is 5.86. The van der Waals surface area contributed by atoms with Gasteiger partial charge in [0.25, 0.3) is 0 Å². The van der Waals surface area contributed by atoms with Gasteiger partial charge in [0, 0.05) is 27.4 Å². The van der Waals surface area contributed by atoms with Crippen LogP contribution < -0.4 is 5.32 Å². The standard InChI is InChI=1S/C18H17BrN2/c1-3-13-4-6-17-15(11-13)18(8-9-20-17)21-16-7-5-14(19)10-12(16)2/h4-11H,3H2,1-2H3,(H,20,21). The zero-order chi connectivity index (χ0) is 14.8. The highest BCUT2D eigenvalue weighted by Gasteiger charge is 2.05. The van der Waals surface area contributed by atoms with Gasteiger partial charge in [-0.15, -0.1) is 0 Å². The van der Waals surface area contributed by atoms with E-state index in [2.05, 4.69) is 76.5 Å². The van der Waals surface area contributed by atoms with Gasteiger partial charge in [-0.05, 0) is 60.9 Å². The Morgan fingerprint density at radius 3 is 2.67 bits per heavy atom. The number of pyridine rings is 1. The molecule has 3 heteroatoms. The summed E-state index contributed by atoms with van der Waals surface area (Å²) < 4.78 is 1.10. The number of anilines is 2. The SMILES string of the molecule is CCc1ccc2nccc(Nc3ccc(Br)cc3C)c2c1. The minimum atomic E-state index is 1.02. The third kappa shape index (κ3) is 2.93. The van der Waals surface area contributed by atoms with Gasteiger partial charge in [0.05, 0.1) is 5.52 Å². The summed E-state index contributed by atoms with van der Waals surface area (Å²) in [6, 6.07) is 14.7. The van der Waals surface area contributed by atoms with Crippen molar-refractivity contribution in [1.29, 1.82) is 0 Å². The fraction of sp³-hybridized carbons (Fsp3) is 0.167. The third-order valence-electron chi connectivity index (χ3n) is 3.67. The lowest BCUT2D eigenvalue weighted by atomic mass is 10.1. The van der Waals surface area contributed by atoms with Gasteiger partial charge in [0.1, 0.15) is 0 Å². The Balaban J connectivity index is 2.07. The van der Waals surface area contributed by atoms with Crippen molar-refractivity contribution in [1.82, 2.24) is 4.98 Å². The zero-order valence-electron chi connectivity index (χ0n) is 12.2. The molecule has 2 nitrogen and oxygen atoms in total. The molecule has 1 heterocycles. The number of nitrogens with zero attached hydrogens (tertiary/aromatic N) is 1. The maximum Gasteiger partial charge on any atom is 0.0723 e. The number of halogens is 1. The Labute approximate surface area is 133 Å². The fourth-order valence-corrected chi connectivity index (χ4v) is 2.91. The van der Waals surface area contributed by atoms with Crippen LogP contribution in [0.5, 0.6) is 0 Å². The van der Waals surface area contributed by atoms with Crippen LogP contribution in [0.2, 0.25) is 0 Å². The zero-order valence-corrected chi connectivity index (χ0v) is 13.7. The largest absolute Gasteiger partial charge is 0.355 e. The molecule has 1 N–H and O–H groups in total. The first kappa shape index (κ1) is 14.1. The van der Waals surface area contributed by atoms with E-state index in [1.807, 2.05) is 12.3 Å². The van der Waals surface area contributed by atoms with E-state index >= 15 is 0 Å². The van der Waals surface area contributed by atoms with Crippen LogP contribution in [0.15, 0.2) is 53.1 Å². The molecule has 0 aliphatic carbocycles. The molecule has 0 saturated heterocycles. The Bertz CT molecular complexity index is 796. The summed E-state index contributed by atoms with van der Waals surface area (Å²) in [6.45, 7) is 4.28. The second-order valence-corrected chi connectivity index (χ2v) is 6.06. The first-order chi connectivity index (χ1) is 10.2. The lowest BCUT2D eigenvalue weighted by Crippen LogP contribution is -1.95. The lowest BCUT2D eigenvalue weighted by molar-refractivity contribution is 1.14. The van der Waals surface area contributed by atoms with Gasteiger partial charge in [-0.1, -0.05) is 28.9 Å². The molecule has 21 heavy (non-hydrogen) atoms. The number of rotatable bonds is 3. The molecule has 0 radical (unpaired) electrons.